The summed E-state index contributed by atoms with van der Waals surface area (Å²) in [7, 11) is 0. The Morgan fingerprint density at radius 1 is 0.963 bits per heavy atom. The molecular formula is C21H23N3O3. The number of aryl methyl sites for hydroxylation is 2. The first-order valence-corrected chi connectivity index (χ1v) is 9.08. The van der Waals surface area contributed by atoms with Crippen LogP contribution in [0.3, 0.4) is 0 Å². The fourth-order valence-electron chi connectivity index (χ4n) is 3.35. The normalized spacial score (nSPS) is 14.0. The van der Waals surface area contributed by atoms with Gasteiger partial charge in [-0.2, -0.15) is 0 Å². The second-order valence-corrected chi connectivity index (χ2v) is 6.79. The number of hydrogen-bond donors (Lipinski definition) is 3. The van der Waals surface area contributed by atoms with Crippen molar-refractivity contribution in [3.05, 3.63) is 64.7 Å². The zero-order chi connectivity index (χ0) is 19.4. The summed E-state index contributed by atoms with van der Waals surface area (Å²) in [6, 6.07) is 12.2. The van der Waals surface area contributed by atoms with Crippen LogP contribution in [0.15, 0.2) is 42.5 Å². The standard InChI is InChI=1S/C21H23N3O3/c1-13(15-11-10-14-6-2-3-7-16(14)12-15)23-20(26)21(27)24-18-9-5-4-8-17(18)19(22)25/h4-5,8-13H,2-3,6-7H2,1H3,(H2,22,25)(H,23,26)(H,24,27). The fraction of sp³-hybridized carbons (Fsp3) is 0.286. The monoisotopic (exact) mass is 365 g/mol. The summed E-state index contributed by atoms with van der Waals surface area (Å²) in [5, 5.41) is 5.15. The van der Waals surface area contributed by atoms with Crippen molar-refractivity contribution in [1.29, 1.82) is 0 Å². The van der Waals surface area contributed by atoms with Crippen LogP contribution in [0.4, 0.5) is 5.69 Å². The van der Waals surface area contributed by atoms with Crippen molar-refractivity contribution < 1.29 is 14.4 Å². The van der Waals surface area contributed by atoms with Crippen molar-refractivity contribution in [2.24, 2.45) is 5.73 Å². The van der Waals surface area contributed by atoms with Crippen molar-refractivity contribution in [2.75, 3.05) is 5.32 Å². The number of anilines is 1. The molecule has 2 aromatic rings. The molecule has 1 aliphatic carbocycles. The Morgan fingerprint density at radius 2 is 1.67 bits per heavy atom. The Balaban J connectivity index is 1.66. The minimum absolute atomic E-state index is 0.154. The van der Waals surface area contributed by atoms with Crippen LogP contribution in [-0.2, 0) is 22.4 Å². The molecule has 0 fully saturated rings. The first-order valence-electron chi connectivity index (χ1n) is 9.08. The first kappa shape index (κ1) is 18.6. The second-order valence-electron chi connectivity index (χ2n) is 6.79. The Bertz CT molecular complexity index is 892. The van der Waals surface area contributed by atoms with Crippen LogP contribution in [0.2, 0.25) is 0 Å². The molecule has 27 heavy (non-hydrogen) atoms. The minimum atomic E-state index is -0.839. The topological polar surface area (TPSA) is 101 Å². The quantitative estimate of drug-likeness (QED) is 0.726. The SMILES string of the molecule is CC(NC(=O)C(=O)Nc1ccccc1C(N)=O)c1ccc2c(c1)CCCC2. The van der Waals surface area contributed by atoms with Gasteiger partial charge in [0.15, 0.2) is 0 Å². The molecule has 0 saturated carbocycles. The van der Waals surface area contributed by atoms with Gasteiger partial charge in [0.1, 0.15) is 0 Å². The Morgan fingerprint density at radius 3 is 2.41 bits per heavy atom. The summed E-state index contributed by atoms with van der Waals surface area (Å²) < 4.78 is 0. The largest absolute Gasteiger partial charge is 0.366 e. The van der Waals surface area contributed by atoms with Crippen molar-refractivity contribution in [2.45, 2.75) is 38.6 Å². The molecule has 1 unspecified atom stereocenters. The third-order valence-corrected chi connectivity index (χ3v) is 4.87. The average molecular weight is 365 g/mol. The maximum atomic E-state index is 12.3. The molecule has 1 atom stereocenters. The Hall–Kier alpha value is -3.15. The lowest BCUT2D eigenvalue weighted by molar-refractivity contribution is -0.136. The zero-order valence-corrected chi connectivity index (χ0v) is 15.2. The molecule has 0 radical (unpaired) electrons. The van der Waals surface area contributed by atoms with E-state index in [0.29, 0.717) is 0 Å². The summed E-state index contributed by atoms with van der Waals surface area (Å²) in [4.78, 5) is 35.9. The number of para-hydroxylation sites is 1. The highest BCUT2D eigenvalue weighted by Crippen LogP contribution is 2.24. The predicted molar refractivity (Wildman–Crippen MR) is 103 cm³/mol. The van der Waals surface area contributed by atoms with Gasteiger partial charge in [-0.05, 0) is 61.4 Å². The molecule has 6 nitrogen and oxygen atoms in total. The Labute approximate surface area is 158 Å². The van der Waals surface area contributed by atoms with E-state index in [-0.39, 0.29) is 17.3 Å². The zero-order valence-electron chi connectivity index (χ0n) is 15.2. The van der Waals surface area contributed by atoms with Gasteiger partial charge in [-0.3, -0.25) is 14.4 Å². The third-order valence-electron chi connectivity index (χ3n) is 4.87. The van der Waals surface area contributed by atoms with E-state index in [0.717, 1.165) is 18.4 Å². The molecule has 0 heterocycles. The van der Waals surface area contributed by atoms with Gasteiger partial charge < -0.3 is 16.4 Å². The number of primary amides is 1. The average Bonchev–Trinajstić information content (AvgIpc) is 2.67. The van der Waals surface area contributed by atoms with E-state index in [9.17, 15) is 14.4 Å². The van der Waals surface area contributed by atoms with Gasteiger partial charge in [0.2, 0.25) is 0 Å². The number of carbonyl (C=O) groups excluding carboxylic acids is 3. The van der Waals surface area contributed by atoms with E-state index in [1.807, 2.05) is 13.0 Å². The summed E-state index contributed by atoms with van der Waals surface area (Å²) in [5.41, 5.74) is 9.31. The first-order chi connectivity index (χ1) is 13.0. The van der Waals surface area contributed by atoms with Crippen LogP contribution in [0.5, 0.6) is 0 Å². The number of amides is 3. The van der Waals surface area contributed by atoms with Gasteiger partial charge >= 0.3 is 11.8 Å². The molecule has 4 N–H and O–H groups in total. The van der Waals surface area contributed by atoms with E-state index in [2.05, 4.69) is 22.8 Å². The number of rotatable bonds is 4. The highest BCUT2D eigenvalue weighted by Gasteiger charge is 2.20. The van der Waals surface area contributed by atoms with E-state index < -0.39 is 17.7 Å². The smallest absolute Gasteiger partial charge is 0.313 e. The highest BCUT2D eigenvalue weighted by atomic mass is 16.2. The van der Waals surface area contributed by atoms with Gasteiger partial charge in [-0.15, -0.1) is 0 Å². The molecule has 3 amide bonds. The molecule has 0 spiro atoms. The number of fused-ring (bicyclic) bond motifs is 1. The summed E-state index contributed by atoms with van der Waals surface area (Å²) in [6.07, 6.45) is 4.54. The third kappa shape index (κ3) is 4.34. The van der Waals surface area contributed by atoms with Gasteiger partial charge in [0, 0.05) is 0 Å². The molecule has 0 saturated heterocycles. The summed E-state index contributed by atoms with van der Waals surface area (Å²) in [6.45, 7) is 1.84. The lowest BCUT2D eigenvalue weighted by Gasteiger charge is -2.20. The van der Waals surface area contributed by atoms with Crippen LogP contribution >= 0.6 is 0 Å². The lowest BCUT2D eigenvalue weighted by atomic mass is 9.89. The van der Waals surface area contributed by atoms with Gasteiger partial charge in [0.05, 0.1) is 17.3 Å². The number of nitrogens with one attached hydrogen (secondary N) is 2. The Kier molecular flexibility index (Phi) is 5.54. The fourth-order valence-corrected chi connectivity index (χ4v) is 3.35. The van der Waals surface area contributed by atoms with Crippen LogP contribution in [0.25, 0.3) is 0 Å². The van der Waals surface area contributed by atoms with Crippen LogP contribution in [0, 0.1) is 0 Å². The van der Waals surface area contributed by atoms with Gasteiger partial charge in [-0.25, -0.2) is 0 Å². The minimum Gasteiger partial charge on any atom is -0.366 e. The van der Waals surface area contributed by atoms with Crippen molar-refractivity contribution in [1.82, 2.24) is 5.32 Å². The van der Waals surface area contributed by atoms with Crippen LogP contribution in [-0.4, -0.2) is 17.7 Å². The van der Waals surface area contributed by atoms with E-state index in [1.165, 1.54) is 36.1 Å². The second kappa shape index (κ2) is 8.03. The molecule has 2 aromatic carbocycles. The van der Waals surface area contributed by atoms with Gasteiger partial charge in [-0.1, -0.05) is 30.3 Å². The molecule has 1 aliphatic rings. The number of carbonyl (C=O) groups is 3. The van der Waals surface area contributed by atoms with Crippen molar-refractivity contribution in [3.8, 4) is 0 Å². The number of nitrogens with two attached hydrogens (primary N) is 1. The summed E-state index contributed by atoms with van der Waals surface area (Å²) in [5.74, 6) is -2.28. The molecule has 0 bridgehead atoms. The molecule has 3 rings (SSSR count). The molecular weight excluding hydrogens is 342 g/mol. The van der Waals surface area contributed by atoms with Crippen molar-refractivity contribution >= 4 is 23.4 Å². The highest BCUT2D eigenvalue weighted by molar-refractivity contribution is 6.40. The van der Waals surface area contributed by atoms with Crippen molar-refractivity contribution in [3.63, 3.8) is 0 Å². The number of benzene rings is 2. The number of hydrogen-bond acceptors (Lipinski definition) is 3. The van der Waals surface area contributed by atoms with Crippen LogP contribution in [0.1, 0.15) is 52.9 Å². The predicted octanol–water partition coefficient (Wildman–Crippen LogP) is 2.48. The lowest BCUT2D eigenvalue weighted by Crippen LogP contribution is -2.37. The van der Waals surface area contributed by atoms with Crippen LogP contribution < -0.4 is 16.4 Å². The molecule has 0 aromatic heterocycles. The molecule has 0 aliphatic heterocycles. The van der Waals surface area contributed by atoms with Gasteiger partial charge in [0.25, 0.3) is 5.91 Å². The van der Waals surface area contributed by atoms with E-state index in [1.54, 1.807) is 12.1 Å². The maximum absolute atomic E-state index is 12.3. The summed E-state index contributed by atoms with van der Waals surface area (Å²) >= 11 is 0. The van der Waals surface area contributed by atoms with E-state index >= 15 is 0 Å². The van der Waals surface area contributed by atoms with E-state index in [4.69, 9.17) is 5.73 Å². The molecule has 140 valence electrons. The molecule has 6 heteroatoms. The maximum Gasteiger partial charge on any atom is 0.313 e.